The Bertz CT molecular complexity index is 376. The number of rotatable bonds is 4. The number of hydrogen-bond donors (Lipinski definition) is 0. The molecule has 3 heteroatoms. The topological polar surface area (TPSA) is 26.3 Å². The standard InChI is InChI=1S/C13H17ClO2/c1-5-12(15)10(4)16-13-8(2)6-11(14)7-9(13)3/h6-7,10H,5H2,1-4H3. The van der Waals surface area contributed by atoms with E-state index in [0.717, 1.165) is 16.9 Å². The van der Waals surface area contributed by atoms with Crippen molar-refractivity contribution in [2.75, 3.05) is 0 Å². The van der Waals surface area contributed by atoms with Crippen LogP contribution in [0.25, 0.3) is 0 Å². The quantitative estimate of drug-likeness (QED) is 0.802. The zero-order valence-corrected chi connectivity index (χ0v) is 10.9. The second kappa shape index (κ2) is 5.35. The van der Waals surface area contributed by atoms with Gasteiger partial charge in [-0.05, 0) is 44.0 Å². The van der Waals surface area contributed by atoms with E-state index in [2.05, 4.69) is 0 Å². The molecular formula is C13H17ClO2. The van der Waals surface area contributed by atoms with E-state index < -0.39 is 6.10 Å². The van der Waals surface area contributed by atoms with Gasteiger partial charge in [0.2, 0.25) is 0 Å². The Kier molecular flexibility index (Phi) is 4.36. The molecule has 16 heavy (non-hydrogen) atoms. The fraction of sp³-hybridized carbons (Fsp3) is 0.462. The number of halogens is 1. The number of Topliss-reactive ketones (excluding diaryl/α,β-unsaturated/α-hetero) is 1. The van der Waals surface area contributed by atoms with Crippen LogP contribution >= 0.6 is 11.6 Å². The molecule has 2 nitrogen and oxygen atoms in total. The minimum atomic E-state index is -0.399. The molecule has 0 heterocycles. The average molecular weight is 241 g/mol. The summed E-state index contributed by atoms with van der Waals surface area (Å²) in [5.74, 6) is 0.868. The van der Waals surface area contributed by atoms with E-state index in [1.807, 2.05) is 32.9 Å². The highest BCUT2D eigenvalue weighted by Crippen LogP contribution is 2.28. The summed E-state index contributed by atoms with van der Waals surface area (Å²) in [6.45, 7) is 7.47. The van der Waals surface area contributed by atoms with E-state index in [0.29, 0.717) is 11.4 Å². The van der Waals surface area contributed by atoms with Gasteiger partial charge in [0.1, 0.15) is 5.75 Å². The van der Waals surface area contributed by atoms with Crippen LogP contribution in [0, 0.1) is 13.8 Å². The molecule has 0 aromatic heterocycles. The molecule has 0 amide bonds. The van der Waals surface area contributed by atoms with Crippen LogP contribution in [0.2, 0.25) is 5.02 Å². The third-order valence-corrected chi connectivity index (χ3v) is 2.74. The minimum Gasteiger partial charge on any atom is -0.482 e. The summed E-state index contributed by atoms with van der Waals surface area (Å²) in [6.07, 6.45) is 0.0934. The van der Waals surface area contributed by atoms with Crippen LogP contribution in [0.15, 0.2) is 12.1 Å². The maximum atomic E-state index is 11.5. The Labute approximate surface area is 102 Å². The molecule has 1 unspecified atom stereocenters. The lowest BCUT2D eigenvalue weighted by Crippen LogP contribution is -2.23. The molecule has 0 aliphatic carbocycles. The van der Waals surface area contributed by atoms with Crippen molar-refractivity contribution < 1.29 is 9.53 Å². The lowest BCUT2D eigenvalue weighted by molar-refractivity contribution is -0.124. The Morgan fingerprint density at radius 2 is 1.88 bits per heavy atom. The van der Waals surface area contributed by atoms with Crippen molar-refractivity contribution in [1.82, 2.24) is 0 Å². The van der Waals surface area contributed by atoms with Gasteiger partial charge in [-0.3, -0.25) is 4.79 Å². The van der Waals surface area contributed by atoms with E-state index in [1.165, 1.54) is 0 Å². The molecule has 1 aromatic rings. The molecule has 1 aromatic carbocycles. The number of carbonyl (C=O) groups excluding carboxylic acids is 1. The minimum absolute atomic E-state index is 0.105. The molecule has 0 N–H and O–H groups in total. The molecule has 0 saturated carbocycles. The second-order valence-corrected chi connectivity index (χ2v) is 4.39. The monoisotopic (exact) mass is 240 g/mol. The summed E-state index contributed by atoms with van der Waals surface area (Å²) >= 11 is 5.93. The summed E-state index contributed by atoms with van der Waals surface area (Å²) in [4.78, 5) is 11.5. The molecular weight excluding hydrogens is 224 g/mol. The maximum absolute atomic E-state index is 11.5. The summed E-state index contributed by atoms with van der Waals surface area (Å²) in [7, 11) is 0. The lowest BCUT2D eigenvalue weighted by Gasteiger charge is -2.17. The molecule has 0 aliphatic heterocycles. The lowest BCUT2D eigenvalue weighted by atomic mass is 10.1. The SMILES string of the molecule is CCC(=O)C(C)Oc1c(C)cc(Cl)cc1C. The van der Waals surface area contributed by atoms with E-state index in [1.54, 1.807) is 6.92 Å². The number of benzene rings is 1. The summed E-state index contributed by atoms with van der Waals surface area (Å²) in [6, 6.07) is 3.68. The highest BCUT2D eigenvalue weighted by atomic mass is 35.5. The van der Waals surface area contributed by atoms with Crippen LogP contribution in [-0.4, -0.2) is 11.9 Å². The third-order valence-electron chi connectivity index (χ3n) is 2.52. The second-order valence-electron chi connectivity index (χ2n) is 3.95. The van der Waals surface area contributed by atoms with E-state index in [4.69, 9.17) is 16.3 Å². The summed E-state index contributed by atoms with van der Waals surface area (Å²) < 4.78 is 5.68. The molecule has 0 fully saturated rings. The molecule has 1 rings (SSSR count). The van der Waals surface area contributed by atoms with Gasteiger partial charge < -0.3 is 4.74 Å². The number of aryl methyl sites for hydroxylation is 2. The molecule has 0 aliphatic rings. The molecule has 0 saturated heterocycles. The van der Waals surface area contributed by atoms with E-state index >= 15 is 0 Å². The molecule has 88 valence electrons. The van der Waals surface area contributed by atoms with Crippen molar-refractivity contribution in [3.63, 3.8) is 0 Å². The first-order valence-corrected chi connectivity index (χ1v) is 5.79. The van der Waals surface area contributed by atoms with E-state index in [-0.39, 0.29) is 5.78 Å². The van der Waals surface area contributed by atoms with Gasteiger partial charge in [-0.2, -0.15) is 0 Å². The smallest absolute Gasteiger partial charge is 0.172 e. The van der Waals surface area contributed by atoms with Gasteiger partial charge in [0.05, 0.1) is 0 Å². The Morgan fingerprint density at radius 1 is 1.38 bits per heavy atom. The van der Waals surface area contributed by atoms with Crippen molar-refractivity contribution in [3.05, 3.63) is 28.3 Å². The highest BCUT2D eigenvalue weighted by Gasteiger charge is 2.15. The first kappa shape index (κ1) is 13.0. The van der Waals surface area contributed by atoms with E-state index in [9.17, 15) is 4.79 Å². The highest BCUT2D eigenvalue weighted by molar-refractivity contribution is 6.30. The Hall–Kier alpha value is -1.02. The Balaban J connectivity index is 2.93. The Morgan fingerprint density at radius 3 is 2.31 bits per heavy atom. The van der Waals surface area contributed by atoms with Gasteiger partial charge in [0, 0.05) is 11.4 Å². The fourth-order valence-electron chi connectivity index (χ4n) is 1.61. The average Bonchev–Trinajstić information content (AvgIpc) is 2.21. The van der Waals surface area contributed by atoms with Crippen molar-refractivity contribution in [2.45, 2.75) is 40.2 Å². The summed E-state index contributed by atoms with van der Waals surface area (Å²) in [5.41, 5.74) is 1.92. The number of ketones is 1. The zero-order valence-electron chi connectivity index (χ0n) is 10.1. The van der Waals surface area contributed by atoms with Crippen molar-refractivity contribution in [3.8, 4) is 5.75 Å². The summed E-state index contributed by atoms with van der Waals surface area (Å²) in [5, 5.41) is 0.692. The zero-order chi connectivity index (χ0) is 12.3. The first-order valence-electron chi connectivity index (χ1n) is 5.41. The van der Waals surface area contributed by atoms with Gasteiger partial charge in [-0.1, -0.05) is 18.5 Å². The predicted molar refractivity (Wildman–Crippen MR) is 66.3 cm³/mol. The van der Waals surface area contributed by atoms with Crippen LogP contribution in [0.1, 0.15) is 31.4 Å². The van der Waals surface area contributed by atoms with Gasteiger partial charge in [-0.25, -0.2) is 0 Å². The maximum Gasteiger partial charge on any atom is 0.172 e. The third kappa shape index (κ3) is 2.99. The molecule has 1 atom stereocenters. The van der Waals surface area contributed by atoms with Gasteiger partial charge in [0.25, 0.3) is 0 Å². The van der Waals surface area contributed by atoms with Crippen molar-refractivity contribution in [2.24, 2.45) is 0 Å². The van der Waals surface area contributed by atoms with Crippen molar-refractivity contribution >= 4 is 17.4 Å². The van der Waals surface area contributed by atoms with Crippen LogP contribution in [0.3, 0.4) is 0 Å². The molecule has 0 spiro atoms. The van der Waals surface area contributed by atoms with Crippen LogP contribution in [0.4, 0.5) is 0 Å². The van der Waals surface area contributed by atoms with Gasteiger partial charge in [-0.15, -0.1) is 0 Å². The number of carbonyl (C=O) groups is 1. The number of ether oxygens (including phenoxy) is 1. The first-order chi connectivity index (χ1) is 7.45. The predicted octanol–water partition coefficient (Wildman–Crippen LogP) is 3.70. The van der Waals surface area contributed by atoms with Crippen molar-refractivity contribution in [1.29, 1.82) is 0 Å². The van der Waals surface area contributed by atoms with Gasteiger partial charge in [0.15, 0.2) is 11.9 Å². The number of hydrogen-bond acceptors (Lipinski definition) is 2. The van der Waals surface area contributed by atoms with Crippen LogP contribution in [0.5, 0.6) is 5.75 Å². The molecule has 0 bridgehead atoms. The molecule has 0 radical (unpaired) electrons. The van der Waals surface area contributed by atoms with Crippen LogP contribution < -0.4 is 4.74 Å². The van der Waals surface area contributed by atoms with Crippen LogP contribution in [-0.2, 0) is 4.79 Å². The normalized spacial score (nSPS) is 12.3. The van der Waals surface area contributed by atoms with Gasteiger partial charge >= 0.3 is 0 Å². The fourth-order valence-corrected chi connectivity index (χ4v) is 1.94. The largest absolute Gasteiger partial charge is 0.482 e.